The molecule has 0 radical (unpaired) electrons. The number of nitrogens with one attached hydrogen (secondary N) is 2. The zero-order valence-corrected chi connectivity index (χ0v) is 16.1. The zero-order valence-electron chi connectivity index (χ0n) is 14.4. The van der Waals surface area contributed by atoms with Gasteiger partial charge in [0.25, 0.3) is 5.91 Å². The zero-order chi connectivity index (χ0) is 20.7. The van der Waals surface area contributed by atoms with Gasteiger partial charge in [0.05, 0.1) is 17.7 Å². The molecule has 4 heterocycles. The summed E-state index contributed by atoms with van der Waals surface area (Å²) in [5.74, 6) is -1.93. The highest BCUT2D eigenvalue weighted by atomic mass is 32.2. The summed E-state index contributed by atoms with van der Waals surface area (Å²) in [6.45, 7) is 0. The van der Waals surface area contributed by atoms with E-state index in [2.05, 4.69) is 25.5 Å². The minimum Gasteiger partial charge on any atom is -0.477 e. The Morgan fingerprint density at radius 3 is 3.03 bits per heavy atom. The smallest absolute Gasteiger partial charge is 0.353 e. The molecule has 1 saturated heterocycles. The van der Waals surface area contributed by atoms with Gasteiger partial charge in [-0.25, -0.2) is 14.8 Å². The fraction of sp³-hybridized carbons (Fsp3) is 0.267. The van der Waals surface area contributed by atoms with Crippen LogP contribution in [0.2, 0.25) is 0 Å². The van der Waals surface area contributed by atoms with Crippen LogP contribution in [0.1, 0.15) is 6.42 Å². The molecule has 1 fully saturated rings. The van der Waals surface area contributed by atoms with E-state index in [0.717, 1.165) is 16.7 Å². The maximum absolute atomic E-state index is 12.5. The first-order valence-electron chi connectivity index (χ1n) is 8.12. The number of carbonyl (C=O) groups excluding carboxylic acids is 2. The van der Waals surface area contributed by atoms with Gasteiger partial charge in [-0.1, -0.05) is 11.8 Å². The summed E-state index contributed by atoms with van der Waals surface area (Å²) in [5, 5.41) is 27.5. The molecular formula is C15H12N8O4S2. The number of rotatable bonds is 5. The lowest BCUT2D eigenvalue weighted by atomic mass is 10.0. The summed E-state index contributed by atoms with van der Waals surface area (Å²) in [4.78, 5) is 45.9. The van der Waals surface area contributed by atoms with E-state index in [1.165, 1.54) is 18.0 Å². The Morgan fingerprint density at radius 2 is 2.31 bits per heavy atom. The second-order valence-electron chi connectivity index (χ2n) is 5.99. The van der Waals surface area contributed by atoms with Crippen molar-refractivity contribution in [2.24, 2.45) is 0 Å². The summed E-state index contributed by atoms with van der Waals surface area (Å²) in [7, 11) is 0. The molecule has 4 rings (SSSR count). The number of fused-ring (bicyclic) bond motifs is 2. The van der Waals surface area contributed by atoms with E-state index in [-0.39, 0.29) is 28.8 Å². The summed E-state index contributed by atoms with van der Waals surface area (Å²) < 4.78 is 0. The summed E-state index contributed by atoms with van der Waals surface area (Å²) >= 11 is 2.30. The number of carboxylic acids is 1. The molecule has 0 aromatic carbocycles. The number of nitrogen functional groups attached to an aromatic ring is 1. The Hall–Kier alpha value is -3.31. The number of anilines is 1. The molecule has 2 aromatic heterocycles. The van der Waals surface area contributed by atoms with Gasteiger partial charge in [-0.15, -0.1) is 11.8 Å². The van der Waals surface area contributed by atoms with E-state index in [1.807, 2.05) is 0 Å². The van der Waals surface area contributed by atoms with Gasteiger partial charge < -0.3 is 16.2 Å². The summed E-state index contributed by atoms with van der Waals surface area (Å²) in [6, 6.07) is 0.837. The Balaban J connectivity index is 1.61. The average molecular weight is 432 g/mol. The number of nitriles is 1. The van der Waals surface area contributed by atoms with Gasteiger partial charge in [0.15, 0.2) is 10.8 Å². The van der Waals surface area contributed by atoms with E-state index >= 15 is 0 Å². The van der Waals surface area contributed by atoms with E-state index < -0.39 is 29.2 Å². The van der Waals surface area contributed by atoms with Gasteiger partial charge in [0.2, 0.25) is 5.91 Å². The number of nitrogens with two attached hydrogens (primary N) is 1. The highest BCUT2D eigenvalue weighted by molar-refractivity contribution is 8.06. The molecule has 0 saturated carbocycles. The monoisotopic (exact) mass is 432 g/mol. The second-order valence-corrected chi connectivity index (χ2v) is 8.16. The van der Waals surface area contributed by atoms with Gasteiger partial charge in [-0.3, -0.25) is 19.6 Å². The second kappa shape index (κ2) is 7.26. The molecule has 5 N–H and O–H groups in total. The minimum atomic E-state index is -1.27. The van der Waals surface area contributed by atoms with Crippen LogP contribution in [0.5, 0.6) is 0 Å². The van der Waals surface area contributed by atoms with Crippen LogP contribution in [0.15, 0.2) is 22.0 Å². The van der Waals surface area contributed by atoms with Crippen LogP contribution >= 0.6 is 23.5 Å². The van der Waals surface area contributed by atoms with Crippen molar-refractivity contribution in [3.63, 3.8) is 0 Å². The van der Waals surface area contributed by atoms with Crippen molar-refractivity contribution in [3.8, 4) is 6.07 Å². The molecule has 12 nitrogen and oxygen atoms in total. The number of thioether (sulfide) groups is 2. The van der Waals surface area contributed by atoms with Crippen molar-refractivity contribution in [1.29, 1.82) is 5.26 Å². The number of carboxylic acid groups (broad SMARTS) is 1. The first kappa shape index (κ1) is 19.0. The SMILES string of the molecule is N#CCC(=O)NC1C(=O)N2C(C(=O)O)=C(Sc3nc(N)c4cn[nH]c4n3)CS[C@H]12. The standard InChI is InChI=1S/C15H12N8O4S2/c16-2-1-7(24)19-8-12(25)23-9(14(26)27)6(4-28-13(8)23)29-15-20-10(17)5-3-18-22-11(5)21-15/h3,8,13H,1,4H2,(H,19,24)(H,26,27)(H3,17,18,20,21,22)/t8?,13-/m1/s1. The van der Waals surface area contributed by atoms with Crippen molar-refractivity contribution >= 4 is 58.2 Å². The molecular weight excluding hydrogens is 420 g/mol. The number of carbonyl (C=O) groups is 3. The van der Waals surface area contributed by atoms with Crippen molar-refractivity contribution in [1.82, 2.24) is 30.4 Å². The predicted octanol–water partition coefficient (Wildman–Crippen LogP) is -0.363. The number of hydrogen-bond acceptors (Lipinski definition) is 10. The van der Waals surface area contributed by atoms with Gasteiger partial charge in [-0.05, 0) is 0 Å². The molecule has 1 unspecified atom stereocenters. The molecule has 0 spiro atoms. The van der Waals surface area contributed by atoms with Gasteiger partial charge in [0, 0.05) is 10.7 Å². The topological polar surface area (TPSA) is 191 Å². The lowest BCUT2D eigenvalue weighted by Crippen LogP contribution is -2.70. The third-order valence-electron chi connectivity index (χ3n) is 4.23. The molecule has 2 amide bonds. The normalized spacial score (nSPS) is 20.8. The first-order valence-corrected chi connectivity index (χ1v) is 9.99. The number of aromatic nitrogens is 4. The minimum absolute atomic E-state index is 0.179. The first-order chi connectivity index (χ1) is 13.9. The van der Waals surface area contributed by atoms with Crippen LogP contribution < -0.4 is 11.1 Å². The van der Waals surface area contributed by atoms with Crippen molar-refractivity contribution in [2.45, 2.75) is 23.0 Å². The molecule has 0 bridgehead atoms. The van der Waals surface area contributed by atoms with Gasteiger partial charge >= 0.3 is 5.97 Å². The van der Waals surface area contributed by atoms with E-state index in [1.54, 1.807) is 6.07 Å². The molecule has 2 aliphatic rings. The van der Waals surface area contributed by atoms with Gasteiger partial charge in [-0.2, -0.15) is 10.4 Å². The number of aromatic amines is 1. The fourth-order valence-corrected chi connectivity index (χ4v) is 5.37. The maximum Gasteiger partial charge on any atom is 0.353 e. The molecule has 14 heteroatoms. The largest absolute Gasteiger partial charge is 0.477 e. The van der Waals surface area contributed by atoms with E-state index in [9.17, 15) is 19.5 Å². The van der Waals surface area contributed by atoms with Crippen LogP contribution in [0, 0.1) is 11.3 Å². The Morgan fingerprint density at radius 1 is 1.52 bits per heavy atom. The van der Waals surface area contributed by atoms with E-state index in [0.29, 0.717) is 15.9 Å². The molecule has 2 atom stereocenters. The Labute approximate surface area is 170 Å². The highest BCUT2D eigenvalue weighted by Gasteiger charge is 2.54. The number of hydrogen-bond donors (Lipinski definition) is 4. The predicted molar refractivity (Wildman–Crippen MR) is 102 cm³/mol. The van der Waals surface area contributed by atoms with Crippen molar-refractivity contribution < 1.29 is 19.5 Å². The van der Waals surface area contributed by atoms with Crippen LogP contribution in [-0.4, -0.2) is 65.1 Å². The van der Waals surface area contributed by atoms with Crippen LogP contribution in [0.4, 0.5) is 5.82 Å². The summed E-state index contributed by atoms with van der Waals surface area (Å²) in [6.07, 6.45) is 1.11. The number of β-lactam (4-membered cyclic amide) rings is 1. The third-order valence-corrected chi connectivity index (χ3v) is 6.64. The quantitative estimate of drug-likeness (QED) is 0.356. The van der Waals surface area contributed by atoms with Crippen LogP contribution in [-0.2, 0) is 14.4 Å². The molecule has 2 aliphatic heterocycles. The Bertz CT molecular complexity index is 1120. The number of H-pyrrole nitrogens is 1. The number of amides is 2. The van der Waals surface area contributed by atoms with Gasteiger partial charge in [0.1, 0.15) is 29.4 Å². The lowest BCUT2D eigenvalue weighted by Gasteiger charge is -2.49. The maximum atomic E-state index is 12.5. The van der Waals surface area contributed by atoms with Crippen LogP contribution in [0.25, 0.3) is 11.0 Å². The molecule has 148 valence electrons. The highest BCUT2D eigenvalue weighted by Crippen LogP contribution is 2.44. The van der Waals surface area contributed by atoms with Crippen LogP contribution in [0.3, 0.4) is 0 Å². The molecule has 2 aromatic rings. The molecule has 29 heavy (non-hydrogen) atoms. The summed E-state index contributed by atoms with van der Waals surface area (Å²) in [5.41, 5.74) is 6.12. The van der Waals surface area contributed by atoms with Crippen molar-refractivity contribution in [2.75, 3.05) is 11.5 Å². The Kier molecular flexibility index (Phi) is 4.76. The molecule has 0 aliphatic carbocycles. The fourth-order valence-electron chi connectivity index (χ4n) is 2.96. The number of nitrogens with zero attached hydrogens (tertiary/aromatic N) is 5. The average Bonchev–Trinajstić information content (AvgIpc) is 3.15. The van der Waals surface area contributed by atoms with E-state index in [4.69, 9.17) is 11.0 Å². The third kappa shape index (κ3) is 3.23. The van der Waals surface area contributed by atoms with Crippen molar-refractivity contribution in [3.05, 3.63) is 16.8 Å². The lowest BCUT2D eigenvalue weighted by molar-refractivity contribution is -0.150. The number of aliphatic carboxylic acids is 1.